The number of benzene rings is 2. The summed E-state index contributed by atoms with van der Waals surface area (Å²) in [6, 6.07) is 13.0. The van der Waals surface area contributed by atoms with Crippen LogP contribution in [-0.2, 0) is 16.0 Å². The molecule has 1 atom stereocenters. The first-order valence-corrected chi connectivity index (χ1v) is 8.70. The molecule has 0 fully saturated rings. The van der Waals surface area contributed by atoms with Gasteiger partial charge in [0.25, 0.3) is 5.91 Å². The molecule has 2 aromatic rings. The van der Waals surface area contributed by atoms with E-state index >= 15 is 0 Å². The highest BCUT2D eigenvalue weighted by Crippen LogP contribution is 2.16. The number of hydrogen-bond acceptors (Lipinski definition) is 5. The van der Waals surface area contributed by atoms with Crippen molar-refractivity contribution < 1.29 is 19.1 Å². The van der Waals surface area contributed by atoms with Crippen LogP contribution in [0.2, 0.25) is 0 Å². The minimum atomic E-state index is -0.832. The van der Waals surface area contributed by atoms with Gasteiger partial charge in [-0.1, -0.05) is 12.1 Å². The minimum Gasteiger partial charge on any atom is -0.497 e. The summed E-state index contributed by atoms with van der Waals surface area (Å²) in [5.74, 6) is -0.178. The predicted molar refractivity (Wildman–Crippen MR) is 105 cm³/mol. The molecule has 0 aliphatic heterocycles. The molecule has 1 unspecified atom stereocenters. The van der Waals surface area contributed by atoms with E-state index in [1.165, 1.54) is 0 Å². The standard InChI is InChI=1S/C21H26N2O4/c1-21(2,3)27-20(25)18(13-14-6-5-7-17(12-14)26-4)23-19(24)15-8-10-16(22)11-9-15/h5-12,18H,13,22H2,1-4H3,(H,23,24). The van der Waals surface area contributed by atoms with Crippen LogP contribution in [0.1, 0.15) is 36.7 Å². The molecule has 2 rings (SSSR count). The molecule has 3 N–H and O–H groups in total. The number of rotatable bonds is 6. The van der Waals surface area contributed by atoms with Crippen LogP contribution in [-0.4, -0.2) is 30.6 Å². The second-order valence-electron chi connectivity index (χ2n) is 7.24. The van der Waals surface area contributed by atoms with E-state index in [2.05, 4.69) is 5.32 Å². The fourth-order valence-electron chi connectivity index (χ4n) is 2.48. The molecule has 0 aliphatic rings. The van der Waals surface area contributed by atoms with Gasteiger partial charge < -0.3 is 20.5 Å². The van der Waals surface area contributed by atoms with Gasteiger partial charge >= 0.3 is 5.97 Å². The van der Waals surface area contributed by atoms with Crippen molar-refractivity contribution in [1.29, 1.82) is 0 Å². The van der Waals surface area contributed by atoms with Crippen LogP contribution < -0.4 is 15.8 Å². The summed E-state index contributed by atoms with van der Waals surface area (Å²) in [7, 11) is 1.58. The first-order chi connectivity index (χ1) is 12.7. The number of esters is 1. The second kappa shape index (κ2) is 8.58. The molecule has 0 aromatic heterocycles. The Balaban J connectivity index is 2.21. The van der Waals surface area contributed by atoms with E-state index in [1.54, 1.807) is 52.1 Å². The highest BCUT2D eigenvalue weighted by Gasteiger charge is 2.27. The summed E-state index contributed by atoms with van der Waals surface area (Å²) in [5.41, 5.74) is 6.83. The van der Waals surface area contributed by atoms with E-state index < -0.39 is 17.6 Å². The van der Waals surface area contributed by atoms with Crippen LogP contribution in [0.25, 0.3) is 0 Å². The van der Waals surface area contributed by atoms with Gasteiger partial charge in [0.1, 0.15) is 17.4 Å². The van der Waals surface area contributed by atoms with E-state index in [4.69, 9.17) is 15.2 Å². The Labute approximate surface area is 159 Å². The van der Waals surface area contributed by atoms with Crippen LogP contribution in [0, 0.1) is 0 Å². The highest BCUT2D eigenvalue weighted by molar-refractivity contribution is 5.97. The molecule has 0 heterocycles. The third kappa shape index (κ3) is 6.33. The Morgan fingerprint density at radius 3 is 2.37 bits per heavy atom. The predicted octanol–water partition coefficient (Wildman–Crippen LogP) is 2.96. The van der Waals surface area contributed by atoms with Crippen LogP contribution in [0.5, 0.6) is 5.75 Å². The van der Waals surface area contributed by atoms with Crippen LogP contribution >= 0.6 is 0 Å². The summed E-state index contributed by atoms with van der Waals surface area (Å²) in [5, 5.41) is 2.77. The van der Waals surface area contributed by atoms with Crippen molar-refractivity contribution in [2.75, 3.05) is 12.8 Å². The fraction of sp³-hybridized carbons (Fsp3) is 0.333. The number of nitrogens with two attached hydrogens (primary N) is 1. The molecular formula is C21H26N2O4. The molecule has 144 valence electrons. The lowest BCUT2D eigenvalue weighted by Crippen LogP contribution is -2.45. The molecule has 0 saturated carbocycles. The van der Waals surface area contributed by atoms with Gasteiger partial charge in [-0.15, -0.1) is 0 Å². The summed E-state index contributed by atoms with van der Waals surface area (Å²) < 4.78 is 10.7. The Hall–Kier alpha value is -3.02. The number of nitrogens with one attached hydrogen (secondary N) is 1. The van der Waals surface area contributed by atoms with Gasteiger partial charge in [0.05, 0.1) is 7.11 Å². The van der Waals surface area contributed by atoms with E-state index in [9.17, 15) is 9.59 Å². The first-order valence-electron chi connectivity index (χ1n) is 8.70. The number of methoxy groups -OCH3 is 1. The molecule has 0 bridgehead atoms. The quantitative estimate of drug-likeness (QED) is 0.603. The molecule has 1 amide bonds. The van der Waals surface area contributed by atoms with Gasteiger partial charge in [-0.25, -0.2) is 4.79 Å². The minimum absolute atomic E-state index is 0.285. The van der Waals surface area contributed by atoms with Crippen molar-refractivity contribution in [2.45, 2.75) is 38.8 Å². The summed E-state index contributed by atoms with van der Waals surface area (Å²) in [4.78, 5) is 25.2. The number of nitrogen functional groups attached to an aromatic ring is 1. The number of carbonyl (C=O) groups is 2. The molecule has 0 aliphatic carbocycles. The maximum atomic E-state index is 12.7. The molecule has 27 heavy (non-hydrogen) atoms. The van der Waals surface area contributed by atoms with Gasteiger partial charge in [0, 0.05) is 17.7 Å². The zero-order valence-corrected chi connectivity index (χ0v) is 16.1. The average Bonchev–Trinajstić information content (AvgIpc) is 2.60. The number of carbonyl (C=O) groups excluding carboxylic acids is 2. The van der Waals surface area contributed by atoms with Crippen LogP contribution in [0.15, 0.2) is 48.5 Å². The molecule has 6 nitrogen and oxygen atoms in total. The zero-order chi connectivity index (χ0) is 20.0. The van der Waals surface area contributed by atoms with Crippen molar-refractivity contribution >= 4 is 17.6 Å². The highest BCUT2D eigenvalue weighted by atomic mass is 16.6. The van der Waals surface area contributed by atoms with Gasteiger partial charge in [0.2, 0.25) is 0 Å². The lowest BCUT2D eigenvalue weighted by Gasteiger charge is -2.25. The third-order valence-electron chi connectivity index (χ3n) is 3.74. The zero-order valence-electron chi connectivity index (χ0n) is 16.1. The second-order valence-corrected chi connectivity index (χ2v) is 7.24. The summed E-state index contributed by atoms with van der Waals surface area (Å²) >= 11 is 0. The van der Waals surface area contributed by atoms with E-state index in [0.717, 1.165) is 5.56 Å². The van der Waals surface area contributed by atoms with Gasteiger partial charge in [-0.05, 0) is 62.7 Å². The van der Waals surface area contributed by atoms with Gasteiger partial charge in [-0.3, -0.25) is 4.79 Å². The molecule has 0 radical (unpaired) electrons. The summed E-state index contributed by atoms with van der Waals surface area (Å²) in [6.07, 6.45) is 0.285. The van der Waals surface area contributed by atoms with Crippen LogP contribution in [0.3, 0.4) is 0 Å². The van der Waals surface area contributed by atoms with Crippen molar-refractivity contribution in [1.82, 2.24) is 5.32 Å². The average molecular weight is 370 g/mol. The number of anilines is 1. The van der Waals surface area contributed by atoms with Crippen LogP contribution in [0.4, 0.5) is 5.69 Å². The maximum Gasteiger partial charge on any atom is 0.329 e. The molecule has 0 saturated heterocycles. The van der Waals surface area contributed by atoms with Crippen molar-refractivity contribution in [3.63, 3.8) is 0 Å². The molecule has 2 aromatic carbocycles. The maximum absolute atomic E-state index is 12.7. The monoisotopic (exact) mass is 370 g/mol. The Morgan fingerprint density at radius 1 is 1.11 bits per heavy atom. The van der Waals surface area contributed by atoms with Crippen molar-refractivity contribution in [2.24, 2.45) is 0 Å². The summed E-state index contributed by atoms with van der Waals surface area (Å²) in [6.45, 7) is 5.36. The van der Waals surface area contributed by atoms with E-state index in [-0.39, 0.29) is 12.3 Å². The van der Waals surface area contributed by atoms with E-state index in [0.29, 0.717) is 17.0 Å². The number of hydrogen-bond donors (Lipinski definition) is 2. The lowest BCUT2D eigenvalue weighted by molar-refractivity contribution is -0.157. The fourth-order valence-corrected chi connectivity index (χ4v) is 2.48. The normalized spacial score (nSPS) is 12.1. The SMILES string of the molecule is COc1cccc(CC(NC(=O)c2ccc(N)cc2)C(=O)OC(C)(C)C)c1. The Morgan fingerprint density at radius 2 is 1.78 bits per heavy atom. The first kappa shape index (κ1) is 20.3. The lowest BCUT2D eigenvalue weighted by atomic mass is 10.0. The Bertz CT molecular complexity index is 795. The third-order valence-corrected chi connectivity index (χ3v) is 3.74. The smallest absolute Gasteiger partial charge is 0.329 e. The molecule has 0 spiro atoms. The molecular weight excluding hydrogens is 344 g/mol. The van der Waals surface area contributed by atoms with Gasteiger partial charge in [-0.2, -0.15) is 0 Å². The number of ether oxygens (including phenoxy) is 2. The van der Waals surface area contributed by atoms with Crippen molar-refractivity contribution in [3.8, 4) is 5.75 Å². The van der Waals surface area contributed by atoms with Gasteiger partial charge in [0.15, 0.2) is 0 Å². The van der Waals surface area contributed by atoms with E-state index in [1.807, 2.05) is 24.3 Å². The largest absolute Gasteiger partial charge is 0.497 e. The Kier molecular flexibility index (Phi) is 6.45. The van der Waals surface area contributed by atoms with Crippen molar-refractivity contribution in [3.05, 3.63) is 59.7 Å². The number of amides is 1. The molecule has 6 heteroatoms. The topological polar surface area (TPSA) is 90.6 Å².